The van der Waals surface area contributed by atoms with Gasteiger partial charge in [0.2, 0.25) is 0 Å². The van der Waals surface area contributed by atoms with Crippen LogP contribution in [0.2, 0.25) is 0 Å². The van der Waals surface area contributed by atoms with Gasteiger partial charge in [0.1, 0.15) is 0 Å². The topological polar surface area (TPSA) is 18.5 Å². The Hall–Kier alpha value is 0.230. The molecule has 0 bridgehead atoms. The van der Waals surface area contributed by atoms with Crippen LogP contribution in [0.4, 0.5) is 0 Å². The van der Waals surface area contributed by atoms with Gasteiger partial charge in [0.25, 0.3) is 0 Å². The van der Waals surface area contributed by atoms with Gasteiger partial charge in [-0.3, -0.25) is 4.90 Å². The third kappa shape index (κ3) is 3.34. The molecule has 0 spiro atoms. The first kappa shape index (κ1) is 11.7. The van der Waals surface area contributed by atoms with Crippen LogP contribution in [-0.4, -0.2) is 73.2 Å². The van der Waals surface area contributed by atoms with Crippen molar-refractivity contribution in [3.05, 3.63) is 0 Å². The Labute approximate surface area is 97.6 Å². The number of nitrogens with one attached hydrogen (secondary N) is 1. The Bertz CT molecular complexity index is 194. The molecule has 3 nitrogen and oxygen atoms in total. The lowest BCUT2D eigenvalue weighted by atomic mass is 10.1. The third-order valence-electron chi connectivity index (χ3n) is 3.42. The zero-order valence-corrected chi connectivity index (χ0v) is 10.7. The Kier molecular flexibility index (Phi) is 4.31. The summed E-state index contributed by atoms with van der Waals surface area (Å²) in [5, 5.41) is 3.62. The van der Waals surface area contributed by atoms with E-state index in [-0.39, 0.29) is 0 Å². The first-order valence-corrected chi connectivity index (χ1v) is 7.15. The highest BCUT2D eigenvalue weighted by Gasteiger charge is 2.24. The summed E-state index contributed by atoms with van der Waals surface area (Å²) >= 11 is 2.09. The van der Waals surface area contributed by atoms with Crippen molar-refractivity contribution in [2.75, 3.05) is 51.3 Å². The summed E-state index contributed by atoms with van der Waals surface area (Å²) in [5.74, 6) is 2.58. The number of likely N-dealkylation sites (N-methyl/N-ethyl adjacent to an activating group) is 1. The van der Waals surface area contributed by atoms with Crippen LogP contribution in [0.5, 0.6) is 0 Å². The Morgan fingerprint density at radius 3 is 2.93 bits per heavy atom. The Morgan fingerprint density at radius 1 is 1.40 bits per heavy atom. The van der Waals surface area contributed by atoms with Gasteiger partial charge in [-0.2, -0.15) is 11.8 Å². The molecule has 0 aromatic heterocycles. The van der Waals surface area contributed by atoms with Gasteiger partial charge in [-0.15, -0.1) is 0 Å². The molecule has 4 heteroatoms. The molecule has 2 heterocycles. The molecule has 0 amide bonds. The van der Waals surface area contributed by atoms with E-state index < -0.39 is 0 Å². The molecule has 2 atom stereocenters. The molecule has 2 saturated heterocycles. The van der Waals surface area contributed by atoms with Gasteiger partial charge < -0.3 is 10.2 Å². The number of hydrogen-bond acceptors (Lipinski definition) is 4. The van der Waals surface area contributed by atoms with Crippen molar-refractivity contribution < 1.29 is 0 Å². The minimum atomic E-state index is 0.717. The third-order valence-corrected chi connectivity index (χ3v) is 4.55. The van der Waals surface area contributed by atoms with Crippen LogP contribution in [0.3, 0.4) is 0 Å². The standard InChI is InChI=1S/C11H23N3S/c1-10-7-13(2)4-5-14(10)8-11-9-15-6-3-12-11/h10-12H,3-9H2,1-2H3. The lowest BCUT2D eigenvalue weighted by molar-refractivity contribution is 0.0927. The predicted molar refractivity (Wildman–Crippen MR) is 67.6 cm³/mol. The van der Waals surface area contributed by atoms with E-state index in [0.717, 1.165) is 12.1 Å². The van der Waals surface area contributed by atoms with Gasteiger partial charge >= 0.3 is 0 Å². The fraction of sp³-hybridized carbons (Fsp3) is 1.00. The van der Waals surface area contributed by atoms with Crippen molar-refractivity contribution in [3.63, 3.8) is 0 Å². The lowest BCUT2D eigenvalue weighted by Gasteiger charge is -2.40. The van der Waals surface area contributed by atoms with Crippen LogP contribution in [0.15, 0.2) is 0 Å². The highest BCUT2D eigenvalue weighted by atomic mass is 32.2. The molecule has 2 fully saturated rings. The molecule has 15 heavy (non-hydrogen) atoms. The zero-order chi connectivity index (χ0) is 10.7. The number of rotatable bonds is 2. The number of hydrogen-bond donors (Lipinski definition) is 1. The van der Waals surface area contributed by atoms with Crippen LogP contribution in [0.1, 0.15) is 6.92 Å². The Balaban J connectivity index is 1.77. The van der Waals surface area contributed by atoms with Crippen molar-refractivity contribution in [2.45, 2.75) is 19.0 Å². The summed E-state index contributed by atoms with van der Waals surface area (Å²) < 4.78 is 0. The summed E-state index contributed by atoms with van der Waals surface area (Å²) in [5.41, 5.74) is 0. The number of piperazine rings is 1. The van der Waals surface area contributed by atoms with Crippen molar-refractivity contribution in [3.8, 4) is 0 Å². The van der Waals surface area contributed by atoms with Crippen LogP contribution in [-0.2, 0) is 0 Å². The van der Waals surface area contributed by atoms with Gasteiger partial charge in [0.05, 0.1) is 0 Å². The molecule has 2 aliphatic rings. The summed E-state index contributed by atoms with van der Waals surface area (Å²) in [6, 6.07) is 1.44. The highest BCUT2D eigenvalue weighted by molar-refractivity contribution is 7.99. The van der Waals surface area contributed by atoms with E-state index in [0.29, 0.717) is 0 Å². The van der Waals surface area contributed by atoms with Crippen LogP contribution >= 0.6 is 11.8 Å². The zero-order valence-electron chi connectivity index (χ0n) is 9.91. The van der Waals surface area contributed by atoms with E-state index >= 15 is 0 Å². The number of thioether (sulfide) groups is 1. The first-order valence-electron chi connectivity index (χ1n) is 5.99. The van der Waals surface area contributed by atoms with E-state index in [1.54, 1.807) is 0 Å². The second-order valence-electron chi connectivity index (χ2n) is 4.83. The second-order valence-corrected chi connectivity index (χ2v) is 5.98. The Morgan fingerprint density at radius 2 is 2.27 bits per heavy atom. The molecular formula is C11H23N3S. The fourth-order valence-electron chi connectivity index (χ4n) is 2.47. The molecule has 0 saturated carbocycles. The quantitative estimate of drug-likeness (QED) is 0.735. The minimum absolute atomic E-state index is 0.717. The fourth-order valence-corrected chi connectivity index (χ4v) is 3.41. The second kappa shape index (κ2) is 5.53. The van der Waals surface area contributed by atoms with Gasteiger partial charge in [-0.05, 0) is 14.0 Å². The summed E-state index contributed by atoms with van der Waals surface area (Å²) in [6.07, 6.45) is 0. The van der Waals surface area contributed by atoms with Crippen molar-refractivity contribution in [1.29, 1.82) is 0 Å². The molecule has 2 unspecified atom stereocenters. The van der Waals surface area contributed by atoms with Gasteiger partial charge in [0, 0.05) is 56.3 Å². The molecular weight excluding hydrogens is 206 g/mol. The molecule has 0 aromatic carbocycles. The van der Waals surface area contributed by atoms with Crippen LogP contribution in [0, 0.1) is 0 Å². The average molecular weight is 229 g/mol. The molecule has 1 N–H and O–H groups in total. The highest BCUT2D eigenvalue weighted by Crippen LogP contribution is 2.13. The van der Waals surface area contributed by atoms with E-state index in [2.05, 4.69) is 40.8 Å². The normalized spacial score (nSPS) is 35.6. The minimum Gasteiger partial charge on any atom is -0.311 e. The summed E-state index contributed by atoms with van der Waals surface area (Å²) in [6.45, 7) is 8.47. The van der Waals surface area contributed by atoms with Crippen molar-refractivity contribution in [1.82, 2.24) is 15.1 Å². The van der Waals surface area contributed by atoms with E-state index in [9.17, 15) is 0 Å². The predicted octanol–water partition coefficient (Wildman–Crippen LogP) is 0.327. The van der Waals surface area contributed by atoms with Crippen LogP contribution in [0.25, 0.3) is 0 Å². The largest absolute Gasteiger partial charge is 0.311 e. The van der Waals surface area contributed by atoms with Crippen LogP contribution < -0.4 is 5.32 Å². The monoisotopic (exact) mass is 229 g/mol. The summed E-state index contributed by atoms with van der Waals surface area (Å²) in [4.78, 5) is 5.08. The van der Waals surface area contributed by atoms with E-state index in [1.165, 1.54) is 44.2 Å². The SMILES string of the molecule is CC1CN(C)CCN1CC1CSCCN1. The summed E-state index contributed by atoms with van der Waals surface area (Å²) in [7, 11) is 2.22. The molecule has 0 radical (unpaired) electrons. The molecule has 0 aromatic rings. The number of nitrogens with zero attached hydrogens (tertiary/aromatic N) is 2. The maximum absolute atomic E-state index is 3.62. The van der Waals surface area contributed by atoms with Crippen molar-refractivity contribution in [2.24, 2.45) is 0 Å². The molecule has 0 aliphatic carbocycles. The molecule has 2 rings (SSSR count). The smallest absolute Gasteiger partial charge is 0.0286 e. The maximum atomic E-state index is 3.62. The van der Waals surface area contributed by atoms with E-state index in [4.69, 9.17) is 0 Å². The van der Waals surface area contributed by atoms with Crippen molar-refractivity contribution >= 4 is 11.8 Å². The van der Waals surface area contributed by atoms with Gasteiger partial charge in [0.15, 0.2) is 0 Å². The van der Waals surface area contributed by atoms with Gasteiger partial charge in [-0.1, -0.05) is 0 Å². The molecule has 2 aliphatic heterocycles. The average Bonchev–Trinajstić information content (AvgIpc) is 2.24. The van der Waals surface area contributed by atoms with E-state index in [1.807, 2.05) is 0 Å². The molecule has 88 valence electrons. The lowest BCUT2D eigenvalue weighted by Crippen LogP contribution is -2.55. The van der Waals surface area contributed by atoms with Gasteiger partial charge in [-0.25, -0.2) is 0 Å². The maximum Gasteiger partial charge on any atom is 0.0286 e. The first-order chi connectivity index (χ1) is 7.25.